The molecule has 0 saturated carbocycles. The predicted octanol–water partition coefficient (Wildman–Crippen LogP) is 3.18. The second-order valence-corrected chi connectivity index (χ2v) is 8.43. The molecule has 8 nitrogen and oxygen atoms in total. The Morgan fingerprint density at radius 1 is 1.29 bits per heavy atom. The SMILES string of the molecule is COCCC1(c2noc(C3CCOCC3)n2)CCCN(C(=O)c2cccc(OC)c2)C1. The number of ether oxygens (including phenoxy) is 3. The van der Waals surface area contributed by atoms with Crippen LogP contribution in [0, 0.1) is 0 Å². The van der Waals surface area contributed by atoms with Crippen LogP contribution in [0.4, 0.5) is 0 Å². The van der Waals surface area contributed by atoms with Crippen LogP contribution in [0.2, 0.25) is 0 Å². The van der Waals surface area contributed by atoms with Gasteiger partial charge in [0.05, 0.1) is 12.5 Å². The maximum Gasteiger partial charge on any atom is 0.254 e. The van der Waals surface area contributed by atoms with Crippen LogP contribution in [0.3, 0.4) is 0 Å². The highest BCUT2D eigenvalue weighted by Gasteiger charge is 2.43. The van der Waals surface area contributed by atoms with E-state index in [2.05, 4.69) is 5.16 Å². The van der Waals surface area contributed by atoms with Gasteiger partial charge in [0, 0.05) is 51.5 Å². The molecule has 2 aliphatic rings. The Kier molecular flexibility index (Phi) is 6.87. The number of carbonyl (C=O) groups excluding carboxylic acids is 1. The van der Waals surface area contributed by atoms with Crippen LogP contribution in [0.5, 0.6) is 5.75 Å². The minimum absolute atomic E-state index is 0.00598. The lowest BCUT2D eigenvalue weighted by Crippen LogP contribution is -2.49. The van der Waals surface area contributed by atoms with E-state index in [1.54, 1.807) is 20.3 Å². The predicted molar refractivity (Wildman–Crippen MR) is 113 cm³/mol. The number of methoxy groups -OCH3 is 2. The molecule has 1 unspecified atom stereocenters. The molecule has 168 valence electrons. The molecule has 1 amide bonds. The van der Waals surface area contributed by atoms with Gasteiger partial charge in [-0.2, -0.15) is 4.98 Å². The van der Waals surface area contributed by atoms with E-state index in [9.17, 15) is 4.79 Å². The molecule has 1 atom stereocenters. The molecule has 1 aromatic heterocycles. The van der Waals surface area contributed by atoms with E-state index in [4.69, 9.17) is 23.7 Å². The number of benzene rings is 1. The zero-order chi connectivity index (χ0) is 21.7. The Labute approximate surface area is 182 Å². The van der Waals surface area contributed by atoms with Gasteiger partial charge in [-0.3, -0.25) is 4.79 Å². The summed E-state index contributed by atoms with van der Waals surface area (Å²) < 4.78 is 21.8. The third kappa shape index (κ3) is 4.75. The van der Waals surface area contributed by atoms with Crippen molar-refractivity contribution in [2.24, 2.45) is 0 Å². The van der Waals surface area contributed by atoms with Crippen LogP contribution in [0.1, 0.15) is 60.1 Å². The molecule has 3 heterocycles. The Balaban J connectivity index is 1.57. The Bertz CT molecular complexity index is 880. The molecule has 8 heteroatoms. The molecule has 2 fully saturated rings. The summed E-state index contributed by atoms with van der Waals surface area (Å²) in [5.74, 6) is 2.29. The van der Waals surface area contributed by atoms with Crippen LogP contribution >= 0.6 is 0 Å². The standard InChI is InChI=1S/C23H31N3O5/c1-28-14-10-23(22-24-20(31-25-22)17-7-12-30-13-8-17)9-4-11-26(16-23)21(27)18-5-3-6-19(15-18)29-2/h3,5-6,15,17H,4,7-14,16H2,1-2H3. The van der Waals surface area contributed by atoms with Crippen molar-refractivity contribution in [3.63, 3.8) is 0 Å². The molecule has 1 aromatic carbocycles. The summed E-state index contributed by atoms with van der Waals surface area (Å²) in [6, 6.07) is 7.29. The second-order valence-electron chi connectivity index (χ2n) is 8.43. The molecular formula is C23H31N3O5. The van der Waals surface area contributed by atoms with Gasteiger partial charge in [-0.25, -0.2) is 0 Å². The largest absolute Gasteiger partial charge is 0.497 e. The fraction of sp³-hybridized carbons (Fsp3) is 0.609. The molecule has 0 radical (unpaired) electrons. The van der Waals surface area contributed by atoms with E-state index in [1.165, 1.54) is 0 Å². The van der Waals surface area contributed by atoms with E-state index < -0.39 is 0 Å². The van der Waals surface area contributed by atoms with Crippen molar-refractivity contribution in [2.45, 2.75) is 43.4 Å². The molecule has 2 aromatic rings. The third-order valence-corrected chi connectivity index (χ3v) is 6.45. The number of carbonyl (C=O) groups is 1. The smallest absolute Gasteiger partial charge is 0.254 e. The van der Waals surface area contributed by atoms with Crippen molar-refractivity contribution in [3.05, 3.63) is 41.5 Å². The Morgan fingerprint density at radius 2 is 2.13 bits per heavy atom. The van der Waals surface area contributed by atoms with Crippen molar-refractivity contribution in [2.75, 3.05) is 47.1 Å². The highest BCUT2D eigenvalue weighted by Crippen LogP contribution is 2.37. The van der Waals surface area contributed by atoms with Gasteiger partial charge in [0.15, 0.2) is 5.82 Å². The van der Waals surface area contributed by atoms with Crippen LogP contribution in [0.15, 0.2) is 28.8 Å². The summed E-state index contributed by atoms with van der Waals surface area (Å²) in [6.45, 7) is 3.26. The molecular weight excluding hydrogens is 398 g/mol. The van der Waals surface area contributed by atoms with E-state index >= 15 is 0 Å². The summed E-state index contributed by atoms with van der Waals surface area (Å²) in [4.78, 5) is 20.0. The van der Waals surface area contributed by atoms with Crippen LogP contribution in [-0.2, 0) is 14.9 Å². The monoisotopic (exact) mass is 429 g/mol. The van der Waals surface area contributed by atoms with Gasteiger partial charge in [-0.15, -0.1) is 0 Å². The lowest BCUT2D eigenvalue weighted by atomic mass is 9.76. The fourth-order valence-corrected chi connectivity index (χ4v) is 4.60. The molecule has 4 rings (SSSR count). The topological polar surface area (TPSA) is 86.9 Å². The first-order chi connectivity index (χ1) is 15.1. The van der Waals surface area contributed by atoms with Crippen molar-refractivity contribution in [1.29, 1.82) is 0 Å². The van der Waals surface area contributed by atoms with Crippen molar-refractivity contribution in [1.82, 2.24) is 15.0 Å². The van der Waals surface area contributed by atoms with Gasteiger partial charge in [-0.05, 0) is 50.3 Å². The van der Waals surface area contributed by atoms with Crippen molar-refractivity contribution >= 4 is 5.91 Å². The number of hydrogen-bond acceptors (Lipinski definition) is 7. The van der Waals surface area contributed by atoms with Gasteiger partial charge in [-0.1, -0.05) is 11.2 Å². The average Bonchev–Trinajstić information content (AvgIpc) is 3.34. The number of aromatic nitrogens is 2. The lowest BCUT2D eigenvalue weighted by Gasteiger charge is -2.41. The maximum absolute atomic E-state index is 13.3. The molecule has 0 bridgehead atoms. The van der Waals surface area contributed by atoms with E-state index in [0.717, 1.165) is 45.3 Å². The zero-order valence-corrected chi connectivity index (χ0v) is 18.3. The molecule has 0 N–H and O–H groups in total. The second kappa shape index (κ2) is 9.78. The minimum atomic E-state index is -0.379. The maximum atomic E-state index is 13.3. The third-order valence-electron chi connectivity index (χ3n) is 6.45. The number of likely N-dealkylation sites (tertiary alicyclic amines) is 1. The van der Waals surface area contributed by atoms with Gasteiger partial charge in [0.1, 0.15) is 5.75 Å². The van der Waals surface area contributed by atoms with Crippen molar-refractivity contribution < 1.29 is 23.5 Å². The van der Waals surface area contributed by atoms with Crippen LogP contribution in [0.25, 0.3) is 0 Å². The van der Waals surface area contributed by atoms with E-state index in [0.29, 0.717) is 42.7 Å². The minimum Gasteiger partial charge on any atom is -0.497 e. The first-order valence-corrected chi connectivity index (χ1v) is 11.0. The molecule has 2 saturated heterocycles. The first kappa shape index (κ1) is 21.8. The number of amides is 1. The number of hydrogen-bond donors (Lipinski definition) is 0. The van der Waals surface area contributed by atoms with Crippen LogP contribution < -0.4 is 4.74 Å². The van der Waals surface area contributed by atoms with Gasteiger partial charge in [0.25, 0.3) is 5.91 Å². The van der Waals surface area contributed by atoms with Crippen LogP contribution in [-0.4, -0.2) is 68.1 Å². The van der Waals surface area contributed by atoms with Gasteiger partial charge >= 0.3 is 0 Å². The Morgan fingerprint density at radius 3 is 2.90 bits per heavy atom. The lowest BCUT2D eigenvalue weighted by molar-refractivity contribution is 0.0566. The number of nitrogens with zero attached hydrogens (tertiary/aromatic N) is 3. The zero-order valence-electron chi connectivity index (χ0n) is 18.3. The summed E-state index contributed by atoms with van der Waals surface area (Å²) in [5, 5.41) is 4.39. The Hall–Kier alpha value is -2.45. The first-order valence-electron chi connectivity index (χ1n) is 11.0. The van der Waals surface area contributed by atoms with Gasteiger partial charge in [0.2, 0.25) is 5.89 Å². The summed E-state index contributed by atoms with van der Waals surface area (Å²) in [6.07, 6.45) is 4.30. The molecule has 0 spiro atoms. The highest BCUT2D eigenvalue weighted by molar-refractivity contribution is 5.94. The average molecular weight is 430 g/mol. The molecule has 31 heavy (non-hydrogen) atoms. The fourth-order valence-electron chi connectivity index (χ4n) is 4.60. The summed E-state index contributed by atoms with van der Waals surface area (Å²) in [5.41, 5.74) is 0.244. The van der Waals surface area contributed by atoms with E-state index in [-0.39, 0.29) is 17.2 Å². The molecule has 0 aliphatic carbocycles. The van der Waals surface area contributed by atoms with Crippen molar-refractivity contribution in [3.8, 4) is 5.75 Å². The van der Waals surface area contributed by atoms with Gasteiger partial charge < -0.3 is 23.6 Å². The molecule has 2 aliphatic heterocycles. The summed E-state index contributed by atoms with van der Waals surface area (Å²) >= 11 is 0. The van der Waals surface area contributed by atoms with E-state index in [1.807, 2.05) is 23.1 Å². The quantitative estimate of drug-likeness (QED) is 0.668. The normalized spacial score (nSPS) is 22.5. The highest BCUT2D eigenvalue weighted by atomic mass is 16.5. The number of rotatable bonds is 7. The summed E-state index contributed by atoms with van der Waals surface area (Å²) in [7, 11) is 3.30. The number of piperidine rings is 1.